The van der Waals surface area contributed by atoms with E-state index in [4.69, 9.17) is 0 Å². The number of imidazole rings is 1. The number of hydrogen-bond acceptors (Lipinski definition) is 3. The summed E-state index contributed by atoms with van der Waals surface area (Å²) in [6.07, 6.45) is 0. The molecule has 0 amide bonds. The fourth-order valence-corrected chi connectivity index (χ4v) is 1.66. The molecule has 0 radical (unpaired) electrons. The van der Waals surface area contributed by atoms with Crippen LogP contribution in [-0.4, -0.2) is 40.2 Å². The molecule has 0 unspecified atom stereocenters. The molecule has 5 heteroatoms. The number of likely N-dealkylation sites (N-methyl/N-ethyl adjacent to an activating group) is 1. The van der Waals surface area contributed by atoms with Crippen molar-refractivity contribution in [2.24, 2.45) is 0 Å². The van der Waals surface area contributed by atoms with Gasteiger partial charge < -0.3 is 15.0 Å². The summed E-state index contributed by atoms with van der Waals surface area (Å²) in [5.74, 6) is 0.171. The van der Waals surface area contributed by atoms with Crippen molar-refractivity contribution < 1.29 is 5.11 Å². The number of nitrogens with one attached hydrogen (secondary N) is 1. The summed E-state index contributed by atoms with van der Waals surface area (Å²) in [7, 11) is 3.91. The molecule has 0 aliphatic carbocycles. The second kappa shape index (κ2) is 4.02. The van der Waals surface area contributed by atoms with Gasteiger partial charge in [-0.05, 0) is 26.2 Å². The van der Waals surface area contributed by atoms with Crippen LogP contribution >= 0.6 is 0 Å². The molecule has 2 rings (SSSR count). The van der Waals surface area contributed by atoms with E-state index in [1.165, 1.54) is 0 Å². The van der Waals surface area contributed by atoms with Crippen LogP contribution in [-0.2, 0) is 6.54 Å². The Bertz CT molecular complexity index is 554. The summed E-state index contributed by atoms with van der Waals surface area (Å²) in [4.78, 5) is 16.4. The molecule has 5 nitrogen and oxygen atoms in total. The summed E-state index contributed by atoms with van der Waals surface area (Å²) in [6.45, 7) is 1.39. The molecule has 1 heterocycles. The van der Waals surface area contributed by atoms with Crippen molar-refractivity contribution >= 4 is 11.0 Å². The second-order valence-electron chi connectivity index (χ2n) is 4.09. The van der Waals surface area contributed by atoms with Crippen molar-refractivity contribution in [2.75, 3.05) is 20.6 Å². The highest BCUT2D eigenvalue weighted by Gasteiger charge is 2.07. The first-order valence-corrected chi connectivity index (χ1v) is 5.14. The van der Waals surface area contributed by atoms with Gasteiger partial charge in [-0.1, -0.05) is 0 Å². The fourth-order valence-electron chi connectivity index (χ4n) is 1.66. The summed E-state index contributed by atoms with van der Waals surface area (Å²) in [5.41, 5.74) is 1.36. The number of hydrogen-bond donors (Lipinski definition) is 2. The van der Waals surface area contributed by atoms with Gasteiger partial charge in [-0.3, -0.25) is 4.57 Å². The van der Waals surface area contributed by atoms with Crippen molar-refractivity contribution in [1.82, 2.24) is 14.5 Å². The predicted molar refractivity (Wildman–Crippen MR) is 62.8 cm³/mol. The number of aromatic nitrogens is 2. The predicted octanol–water partition coefficient (Wildman–Crippen LogP) is 0.597. The standard InChI is InChI=1S/C11H15N3O2/c1-13(2)5-6-14-10-7-8(15)3-4-9(10)12-11(14)16/h3-4,7,15H,5-6H2,1-2H3,(H,12,16). The van der Waals surface area contributed by atoms with Gasteiger partial charge in [0, 0.05) is 19.2 Å². The average molecular weight is 221 g/mol. The zero-order valence-corrected chi connectivity index (χ0v) is 9.40. The van der Waals surface area contributed by atoms with Crippen LogP contribution in [0.4, 0.5) is 0 Å². The lowest BCUT2D eigenvalue weighted by molar-refractivity contribution is 0.384. The molecular formula is C11H15N3O2. The van der Waals surface area contributed by atoms with E-state index in [9.17, 15) is 9.90 Å². The summed E-state index contributed by atoms with van der Waals surface area (Å²) in [5, 5.41) is 9.40. The highest BCUT2D eigenvalue weighted by molar-refractivity contribution is 5.76. The topological polar surface area (TPSA) is 61.3 Å². The molecule has 0 saturated carbocycles. The normalized spacial score (nSPS) is 11.4. The maximum absolute atomic E-state index is 11.7. The minimum atomic E-state index is -0.137. The highest BCUT2D eigenvalue weighted by atomic mass is 16.3. The van der Waals surface area contributed by atoms with Gasteiger partial charge in [-0.2, -0.15) is 0 Å². The quantitative estimate of drug-likeness (QED) is 0.797. The third-order valence-electron chi connectivity index (χ3n) is 2.53. The van der Waals surface area contributed by atoms with E-state index >= 15 is 0 Å². The highest BCUT2D eigenvalue weighted by Crippen LogP contribution is 2.16. The van der Waals surface area contributed by atoms with Crippen LogP contribution in [0.5, 0.6) is 5.75 Å². The van der Waals surface area contributed by atoms with Crippen molar-refractivity contribution in [2.45, 2.75) is 6.54 Å². The third-order valence-corrected chi connectivity index (χ3v) is 2.53. The molecule has 0 fully saturated rings. The molecule has 1 aromatic carbocycles. The lowest BCUT2D eigenvalue weighted by Gasteiger charge is -2.09. The molecule has 0 saturated heterocycles. The Balaban J connectivity index is 2.46. The number of aromatic hydroxyl groups is 1. The number of phenolic OH excluding ortho intramolecular Hbond substituents is 1. The second-order valence-corrected chi connectivity index (χ2v) is 4.09. The molecule has 2 aromatic rings. The summed E-state index contributed by atoms with van der Waals surface area (Å²) in [6, 6.07) is 4.87. The lowest BCUT2D eigenvalue weighted by Crippen LogP contribution is -2.24. The minimum absolute atomic E-state index is 0.137. The molecule has 0 aliphatic heterocycles. The van der Waals surface area contributed by atoms with E-state index < -0.39 is 0 Å². The number of rotatable bonds is 3. The van der Waals surface area contributed by atoms with Gasteiger partial charge in [0.15, 0.2) is 0 Å². The van der Waals surface area contributed by atoms with Crippen LogP contribution in [0.15, 0.2) is 23.0 Å². The van der Waals surface area contributed by atoms with Gasteiger partial charge in [-0.25, -0.2) is 4.79 Å². The van der Waals surface area contributed by atoms with E-state index in [1.807, 2.05) is 19.0 Å². The van der Waals surface area contributed by atoms with Crippen LogP contribution < -0.4 is 5.69 Å². The number of H-pyrrole nitrogens is 1. The Morgan fingerprint density at radius 1 is 1.44 bits per heavy atom. The average Bonchev–Trinajstić information content (AvgIpc) is 2.51. The molecule has 86 valence electrons. The SMILES string of the molecule is CN(C)CCn1c(=O)[nH]c2ccc(O)cc21. The molecule has 0 atom stereocenters. The number of aromatic amines is 1. The summed E-state index contributed by atoms with van der Waals surface area (Å²) < 4.78 is 1.63. The van der Waals surface area contributed by atoms with E-state index in [-0.39, 0.29) is 11.4 Å². The zero-order valence-electron chi connectivity index (χ0n) is 9.40. The van der Waals surface area contributed by atoms with Crippen molar-refractivity contribution in [3.63, 3.8) is 0 Å². The van der Waals surface area contributed by atoms with Crippen molar-refractivity contribution in [3.05, 3.63) is 28.7 Å². The largest absolute Gasteiger partial charge is 0.508 e. The maximum Gasteiger partial charge on any atom is 0.326 e. The molecule has 0 bridgehead atoms. The summed E-state index contributed by atoms with van der Waals surface area (Å²) >= 11 is 0. The third kappa shape index (κ3) is 1.94. The van der Waals surface area contributed by atoms with Crippen LogP contribution in [0.1, 0.15) is 0 Å². The van der Waals surface area contributed by atoms with Gasteiger partial charge in [0.05, 0.1) is 11.0 Å². The Labute approximate surface area is 92.9 Å². The maximum atomic E-state index is 11.7. The van der Waals surface area contributed by atoms with Crippen molar-refractivity contribution in [3.8, 4) is 5.75 Å². The van der Waals surface area contributed by atoms with Gasteiger partial charge >= 0.3 is 5.69 Å². The van der Waals surface area contributed by atoms with E-state index in [0.29, 0.717) is 6.54 Å². The molecular weight excluding hydrogens is 206 g/mol. The lowest BCUT2D eigenvalue weighted by atomic mass is 10.3. The van der Waals surface area contributed by atoms with Gasteiger partial charge in [0.1, 0.15) is 5.75 Å². The fraction of sp³-hybridized carbons (Fsp3) is 0.364. The van der Waals surface area contributed by atoms with Crippen LogP contribution in [0.3, 0.4) is 0 Å². The molecule has 16 heavy (non-hydrogen) atoms. The Morgan fingerprint density at radius 2 is 2.19 bits per heavy atom. The number of nitrogens with zero attached hydrogens (tertiary/aromatic N) is 2. The Hall–Kier alpha value is -1.75. The van der Waals surface area contributed by atoms with Gasteiger partial charge in [-0.15, -0.1) is 0 Å². The first-order chi connectivity index (χ1) is 7.58. The van der Waals surface area contributed by atoms with Crippen molar-refractivity contribution in [1.29, 1.82) is 0 Å². The molecule has 1 aromatic heterocycles. The molecule has 0 aliphatic rings. The van der Waals surface area contributed by atoms with E-state index in [0.717, 1.165) is 17.6 Å². The number of benzene rings is 1. The van der Waals surface area contributed by atoms with Crippen LogP contribution in [0, 0.1) is 0 Å². The minimum Gasteiger partial charge on any atom is -0.508 e. The zero-order chi connectivity index (χ0) is 11.7. The number of phenols is 1. The monoisotopic (exact) mass is 221 g/mol. The first kappa shape index (κ1) is 10.8. The van der Waals surface area contributed by atoms with E-state index in [1.54, 1.807) is 22.8 Å². The Kier molecular flexibility index (Phi) is 2.70. The van der Waals surface area contributed by atoms with E-state index in [2.05, 4.69) is 4.98 Å². The Morgan fingerprint density at radius 3 is 2.88 bits per heavy atom. The van der Waals surface area contributed by atoms with Gasteiger partial charge in [0.25, 0.3) is 0 Å². The van der Waals surface area contributed by atoms with Crippen LogP contribution in [0.25, 0.3) is 11.0 Å². The molecule has 0 spiro atoms. The number of fused-ring (bicyclic) bond motifs is 1. The molecule has 2 N–H and O–H groups in total. The van der Waals surface area contributed by atoms with Crippen LogP contribution in [0.2, 0.25) is 0 Å². The smallest absolute Gasteiger partial charge is 0.326 e. The van der Waals surface area contributed by atoms with Gasteiger partial charge in [0.2, 0.25) is 0 Å². The first-order valence-electron chi connectivity index (χ1n) is 5.14.